The van der Waals surface area contributed by atoms with Crippen molar-refractivity contribution in [1.82, 2.24) is 30.3 Å². The molecule has 0 aliphatic carbocycles. The molecule has 2 aromatic heterocycles. The predicted molar refractivity (Wildman–Crippen MR) is 127 cm³/mol. The number of nitrogens with zero attached hydrogens (tertiary/aromatic N) is 6. The summed E-state index contributed by atoms with van der Waals surface area (Å²) in [6.45, 7) is 5.52. The molecule has 0 radical (unpaired) electrons. The van der Waals surface area contributed by atoms with Crippen LogP contribution in [-0.4, -0.2) is 68.8 Å². The largest absolute Gasteiger partial charge is 0.508 e. The van der Waals surface area contributed by atoms with E-state index in [-0.39, 0.29) is 11.7 Å². The molecule has 0 bridgehead atoms. The Morgan fingerprint density at radius 3 is 2.65 bits per heavy atom. The second-order valence-electron chi connectivity index (χ2n) is 8.00. The molecular weight excluding hydrogens is 434 g/mol. The van der Waals surface area contributed by atoms with Gasteiger partial charge in [-0.05, 0) is 36.8 Å². The topological polar surface area (TPSA) is 118 Å². The SMILES string of the molecule is CCNC(=O)c1ccc(Cn2nnc3c(N4CCOCC4)nc(-c4cccc(O)c4)nc32)cc1. The number of rotatable bonds is 6. The van der Waals surface area contributed by atoms with E-state index < -0.39 is 0 Å². The maximum Gasteiger partial charge on any atom is 0.251 e. The molecule has 1 amide bonds. The molecule has 1 saturated heterocycles. The molecule has 0 saturated carbocycles. The van der Waals surface area contributed by atoms with E-state index in [9.17, 15) is 9.90 Å². The molecule has 174 valence electrons. The van der Waals surface area contributed by atoms with Gasteiger partial charge in [-0.2, -0.15) is 0 Å². The van der Waals surface area contributed by atoms with Gasteiger partial charge in [-0.25, -0.2) is 14.6 Å². The van der Waals surface area contributed by atoms with Gasteiger partial charge in [0.15, 0.2) is 22.8 Å². The summed E-state index contributed by atoms with van der Waals surface area (Å²) >= 11 is 0. The number of amides is 1. The summed E-state index contributed by atoms with van der Waals surface area (Å²) < 4.78 is 7.23. The zero-order chi connectivity index (χ0) is 23.5. The van der Waals surface area contributed by atoms with Crippen LogP contribution in [0.4, 0.5) is 5.82 Å². The average Bonchev–Trinajstić information content (AvgIpc) is 3.27. The molecule has 0 unspecified atom stereocenters. The Morgan fingerprint density at radius 2 is 1.91 bits per heavy atom. The van der Waals surface area contributed by atoms with E-state index in [0.717, 1.165) is 5.56 Å². The van der Waals surface area contributed by atoms with E-state index in [2.05, 4.69) is 20.5 Å². The third-order valence-corrected chi connectivity index (χ3v) is 5.65. The smallest absolute Gasteiger partial charge is 0.251 e. The maximum atomic E-state index is 12.0. The average molecular weight is 460 g/mol. The third kappa shape index (κ3) is 4.40. The van der Waals surface area contributed by atoms with Crippen molar-refractivity contribution in [3.63, 3.8) is 0 Å². The number of nitrogens with one attached hydrogen (secondary N) is 1. The molecular formula is C24H25N7O3. The van der Waals surface area contributed by atoms with Crippen LogP contribution in [0.1, 0.15) is 22.8 Å². The number of aromatic nitrogens is 5. The first-order valence-electron chi connectivity index (χ1n) is 11.2. The Morgan fingerprint density at radius 1 is 1.12 bits per heavy atom. The van der Waals surface area contributed by atoms with E-state index in [1.807, 2.05) is 25.1 Å². The number of anilines is 1. The first-order valence-corrected chi connectivity index (χ1v) is 11.2. The van der Waals surface area contributed by atoms with Gasteiger partial charge in [-0.3, -0.25) is 4.79 Å². The van der Waals surface area contributed by atoms with Gasteiger partial charge in [0, 0.05) is 30.8 Å². The van der Waals surface area contributed by atoms with Crippen molar-refractivity contribution in [3.05, 3.63) is 59.7 Å². The highest BCUT2D eigenvalue weighted by atomic mass is 16.5. The number of aromatic hydroxyl groups is 1. The lowest BCUT2D eigenvalue weighted by Gasteiger charge is -2.28. The molecule has 1 fully saturated rings. The van der Waals surface area contributed by atoms with Crippen molar-refractivity contribution in [2.24, 2.45) is 0 Å². The molecule has 5 rings (SSSR count). The number of morpholine rings is 1. The van der Waals surface area contributed by atoms with Gasteiger partial charge >= 0.3 is 0 Å². The Labute approximate surface area is 196 Å². The van der Waals surface area contributed by atoms with Crippen LogP contribution < -0.4 is 10.2 Å². The van der Waals surface area contributed by atoms with E-state index in [1.54, 1.807) is 35.0 Å². The summed E-state index contributed by atoms with van der Waals surface area (Å²) in [6.07, 6.45) is 0. The van der Waals surface area contributed by atoms with Crippen LogP contribution in [0.3, 0.4) is 0 Å². The third-order valence-electron chi connectivity index (χ3n) is 5.65. The number of ether oxygens (including phenoxy) is 1. The molecule has 10 heteroatoms. The fourth-order valence-electron chi connectivity index (χ4n) is 3.92. The highest BCUT2D eigenvalue weighted by molar-refractivity contribution is 5.94. The molecule has 4 aromatic rings. The minimum atomic E-state index is -0.0982. The molecule has 2 N–H and O–H groups in total. The number of phenolic OH excluding ortho intramolecular Hbond substituents is 1. The zero-order valence-electron chi connectivity index (χ0n) is 18.8. The molecule has 1 aliphatic rings. The second kappa shape index (κ2) is 9.44. The highest BCUT2D eigenvalue weighted by Crippen LogP contribution is 2.28. The van der Waals surface area contributed by atoms with E-state index in [1.165, 1.54) is 0 Å². The van der Waals surface area contributed by atoms with E-state index in [4.69, 9.17) is 14.7 Å². The number of benzene rings is 2. The number of hydrogen-bond acceptors (Lipinski definition) is 8. The minimum Gasteiger partial charge on any atom is -0.508 e. The molecule has 10 nitrogen and oxygen atoms in total. The van der Waals surface area contributed by atoms with Crippen LogP contribution in [0.5, 0.6) is 5.75 Å². The van der Waals surface area contributed by atoms with Gasteiger partial charge in [0.2, 0.25) is 0 Å². The number of fused-ring (bicyclic) bond motifs is 1. The van der Waals surface area contributed by atoms with Gasteiger partial charge < -0.3 is 20.1 Å². The van der Waals surface area contributed by atoms with Crippen LogP contribution in [0.25, 0.3) is 22.6 Å². The van der Waals surface area contributed by atoms with Gasteiger partial charge in [0.05, 0.1) is 19.8 Å². The van der Waals surface area contributed by atoms with Crippen LogP contribution in [0, 0.1) is 0 Å². The molecule has 0 atom stereocenters. The van der Waals surface area contributed by atoms with Crippen molar-refractivity contribution in [1.29, 1.82) is 0 Å². The van der Waals surface area contributed by atoms with Crippen molar-refractivity contribution in [3.8, 4) is 17.1 Å². The molecule has 3 heterocycles. The second-order valence-corrected chi connectivity index (χ2v) is 8.00. The Bertz CT molecular complexity index is 1310. The lowest BCUT2D eigenvalue weighted by Crippen LogP contribution is -2.37. The van der Waals surface area contributed by atoms with Gasteiger partial charge in [-0.15, -0.1) is 5.10 Å². The van der Waals surface area contributed by atoms with Crippen molar-refractivity contribution in [2.45, 2.75) is 13.5 Å². The van der Waals surface area contributed by atoms with Gasteiger partial charge in [0.25, 0.3) is 5.91 Å². The summed E-state index contributed by atoms with van der Waals surface area (Å²) in [4.78, 5) is 23.7. The standard InChI is InChI=1S/C24H25N7O3/c1-2-25-24(33)17-8-6-16(7-9-17)15-31-23-20(28-29-31)22(30-10-12-34-13-11-30)26-21(27-23)18-4-3-5-19(32)14-18/h3-9,14,32H,2,10-13,15H2,1H3,(H,25,33). The quantitative estimate of drug-likeness (QED) is 0.451. The number of phenols is 1. The Balaban J connectivity index is 1.54. The van der Waals surface area contributed by atoms with E-state index >= 15 is 0 Å². The zero-order valence-corrected chi connectivity index (χ0v) is 18.8. The fraction of sp³-hybridized carbons (Fsp3) is 0.292. The van der Waals surface area contributed by atoms with Crippen molar-refractivity contribution >= 4 is 22.9 Å². The Hall–Kier alpha value is -4.05. The highest BCUT2D eigenvalue weighted by Gasteiger charge is 2.22. The summed E-state index contributed by atoms with van der Waals surface area (Å²) in [7, 11) is 0. The van der Waals surface area contributed by atoms with Crippen LogP contribution in [0.15, 0.2) is 48.5 Å². The molecule has 34 heavy (non-hydrogen) atoms. The van der Waals surface area contributed by atoms with Crippen LogP contribution in [0.2, 0.25) is 0 Å². The number of carbonyl (C=O) groups is 1. The molecule has 2 aromatic carbocycles. The number of carbonyl (C=O) groups excluding carboxylic acids is 1. The van der Waals surface area contributed by atoms with Crippen molar-refractivity contribution in [2.75, 3.05) is 37.7 Å². The minimum absolute atomic E-state index is 0.0982. The van der Waals surface area contributed by atoms with E-state index in [0.29, 0.717) is 73.3 Å². The summed E-state index contributed by atoms with van der Waals surface area (Å²) in [5, 5.41) is 21.5. The normalized spacial score (nSPS) is 13.9. The first kappa shape index (κ1) is 21.8. The summed E-state index contributed by atoms with van der Waals surface area (Å²) in [5.41, 5.74) is 3.49. The monoisotopic (exact) mass is 459 g/mol. The fourth-order valence-corrected chi connectivity index (χ4v) is 3.92. The maximum absolute atomic E-state index is 12.0. The molecule has 0 spiro atoms. The van der Waals surface area contributed by atoms with Crippen LogP contribution >= 0.6 is 0 Å². The lowest BCUT2D eigenvalue weighted by molar-refractivity contribution is 0.0956. The van der Waals surface area contributed by atoms with Crippen LogP contribution in [-0.2, 0) is 11.3 Å². The lowest BCUT2D eigenvalue weighted by atomic mass is 10.1. The summed E-state index contributed by atoms with van der Waals surface area (Å²) in [5.74, 6) is 1.23. The number of hydrogen-bond donors (Lipinski definition) is 2. The Kier molecular flexibility index (Phi) is 6.05. The first-order chi connectivity index (χ1) is 16.6. The van der Waals surface area contributed by atoms with Gasteiger partial charge in [0.1, 0.15) is 5.75 Å². The van der Waals surface area contributed by atoms with Crippen molar-refractivity contribution < 1.29 is 14.6 Å². The van der Waals surface area contributed by atoms with Gasteiger partial charge in [-0.1, -0.05) is 29.5 Å². The predicted octanol–water partition coefficient (Wildman–Crippen LogP) is 2.23. The summed E-state index contributed by atoms with van der Waals surface area (Å²) in [6, 6.07) is 14.3. The molecule has 1 aliphatic heterocycles.